The Bertz CT molecular complexity index is 845. The van der Waals surface area contributed by atoms with Crippen molar-refractivity contribution in [2.24, 2.45) is 5.92 Å². The molecule has 2 fully saturated rings. The highest BCUT2D eigenvalue weighted by Crippen LogP contribution is 2.37. The van der Waals surface area contributed by atoms with Gasteiger partial charge in [0, 0.05) is 24.8 Å². The average Bonchev–Trinajstić information content (AvgIpc) is 3.17. The van der Waals surface area contributed by atoms with Gasteiger partial charge in [-0.15, -0.1) is 0 Å². The molecule has 0 bridgehead atoms. The predicted molar refractivity (Wildman–Crippen MR) is 126 cm³/mol. The third-order valence-corrected chi connectivity index (χ3v) is 7.06. The van der Waals surface area contributed by atoms with Crippen LogP contribution in [0.25, 0.3) is 11.1 Å². The van der Waals surface area contributed by atoms with Gasteiger partial charge in [-0.25, -0.2) is 0 Å². The largest absolute Gasteiger partial charge is 0.497 e. The van der Waals surface area contributed by atoms with Crippen LogP contribution in [0.3, 0.4) is 0 Å². The molecule has 4 atom stereocenters. The second-order valence-corrected chi connectivity index (χ2v) is 9.07. The Balaban J connectivity index is 1.39. The molecule has 32 heavy (non-hydrogen) atoms. The van der Waals surface area contributed by atoms with Gasteiger partial charge < -0.3 is 19.4 Å². The number of rotatable bonds is 9. The normalized spacial score (nSPS) is 26.2. The molecule has 2 aromatic carbocycles. The summed E-state index contributed by atoms with van der Waals surface area (Å²) in [5, 5.41) is 10.9. The van der Waals surface area contributed by atoms with Crippen molar-refractivity contribution in [1.82, 2.24) is 4.90 Å². The summed E-state index contributed by atoms with van der Waals surface area (Å²) in [4.78, 5) is 13.5. The zero-order valence-electron chi connectivity index (χ0n) is 19.0. The van der Waals surface area contributed by atoms with Gasteiger partial charge in [0.1, 0.15) is 12.0 Å². The van der Waals surface area contributed by atoms with E-state index in [9.17, 15) is 9.90 Å². The van der Waals surface area contributed by atoms with E-state index in [1.54, 1.807) is 7.11 Å². The number of ether oxygens (including phenoxy) is 2. The molecule has 1 heterocycles. The SMILES string of the molecule is COc1ccc(-c2ccc(CO[C@H]3C[C@H](O)[C@H](N4CCCCC4)[C@H]3CCC=O)cc2)cc1. The molecular weight excluding hydrogens is 402 g/mol. The van der Waals surface area contributed by atoms with E-state index in [-0.39, 0.29) is 24.2 Å². The zero-order chi connectivity index (χ0) is 22.3. The van der Waals surface area contributed by atoms with E-state index in [0.29, 0.717) is 19.4 Å². The van der Waals surface area contributed by atoms with Gasteiger partial charge in [0.25, 0.3) is 0 Å². The van der Waals surface area contributed by atoms with Crippen LogP contribution < -0.4 is 4.74 Å². The van der Waals surface area contributed by atoms with E-state index in [2.05, 4.69) is 41.3 Å². The predicted octanol–water partition coefficient (Wildman–Crippen LogP) is 4.46. The number of piperidine rings is 1. The Morgan fingerprint density at radius 3 is 2.28 bits per heavy atom. The molecule has 2 aromatic rings. The maximum absolute atomic E-state index is 11.1. The van der Waals surface area contributed by atoms with E-state index in [4.69, 9.17) is 9.47 Å². The standard InChI is InChI=1S/C27H35NO4/c1-31-23-13-11-22(12-14-23)21-9-7-20(8-10-21)19-32-26-18-25(30)27(24(26)6-5-17-29)28-15-3-2-4-16-28/h7-14,17,24-27,30H,2-6,15-16,18-19H2,1H3/t24-,25-,26-,27+/m0/s1. The maximum Gasteiger partial charge on any atom is 0.120 e. The lowest BCUT2D eigenvalue weighted by atomic mass is 9.93. The molecule has 5 heteroatoms. The number of likely N-dealkylation sites (tertiary alicyclic amines) is 1. The molecule has 1 aliphatic heterocycles. The first-order chi connectivity index (χ1) is 15.7. The van der Waals surface area contributed by atoms with Crippen LogP contribution in [-0.2, 0) is 16.1 Å². The third-order valence-electron chi connectivity index (χ3n) is 7.06. The average molecular weight is 438 g/mol. The number of benzene rings is 2. The number of aliphatic hydroxyl groups excluding tert-OH is 1. The van der Waals surface area contributed by atoms with Crippen LogP contribution in [0.5, 0.6) is 5.75 Å². The number of hydrogen-bond donors (Lipinski definition) is 1. The minimum absolute atomic E-state index is 0.0156. The van der Waals surface area contributed by atoms with Gasteiger partial charge in [-0.1, -0.05) is 42.8 Å². The number of methoxy groups -OCH3 is 1. The first-order valence-corrected chi connectivity index (χ1v) is 11.9. The lowest BCUT2D eigenvalue weighted by Crippen LogP contribution is -2.47. The highest BCUT2D eigenvalue weighted by molar-refractivity contribution is 5.64. The number of nitrogens with zero attached hydrogens (tertiary/aromatic N) is 1. The van der Waals surface area contributed by atoms with Crippen molar-refractivity contribution in [3.8, 4) is 16.9 Å². The highest BCUT2D eigenvalue weighted by atomic mass is 16.5. The summed E-state index contributed by atoms with van der Waals surface area (Å²) in [6.07, 6.45) is 6.20. The summed E-state index contributed by atoms with van der Waals surface area (Å²) in [6, 6.07) is 16.6. The second-order valence-electron chi connectivity index (χ2n) is 9.07. The monoisotopic (exact) mass is 437 g/mol. The van der Waals surface area contributed by atoms with Crippen molar-refractivity contribution in [2.45, 2.75) is 63.4 Å². The van der Waals surface area contributed by atoms with Crippen molar-refractivity contribution in [3.05, 3.63) is 54.1 Å². The van der Waals surface area contributed by atoms with Crippen molar-refractivity contribution in [1.29, 1.82) is 0 Å². The van der Waals surface area contributed by atoms with Crippen molar-refractivity contribution < 1.29 is 19.4 Å². The fourth-order valence-corrected chi connectivity index (χ4v) is 5.38. The molecule has 2 aliphatic rings. The Morgan fingerprint density at radius 1 is 1.00 bits per heavy atom. The Morgan fingerprint density at radius 2 is 1.66 bits per heavy atom. The fraction of sp³-hybridized carbons (Fsp3) is 0.519. The highest BCUT2D eigenvalue weighted by Gasteiger charge is 2.45. The van der Waals surface area contributed by atoms with Crippen molar-refractivity contribution in [2.75, 3.05) is 20.2 Å². The Labute approximate surface area is 191 Å². The van der Waals surface area contributed by atoms with E-state index in [1.165, 1.54) is 19.3 Å². The van der Waals surface area contributed by atoms with E-state index >= 15 is 0 Å². The topological polar surface area (TPSA) is 59.0 Å². The van der Waals surface area contributed by atoms with Gasteiger partial charge in [0.05, 0.1) is 25.9 Å². The smallest absolute Gasteiger partial charge is 0.120 e. The van der Waals surface area contributed by atoms with Crippen LogP contribution in [-0.4, -0.2) is 54.7 Å². The molecule has 0 spiro atoms. The minimum atomic E-state index is -0.382. The van der Waals surface area contributed by atoms with Gasteiger partial charge in [-0.3, -0.25) is 4.90 Å². The molecule has 0 unspecified atom stereocenters. The van der Waals surface area contributed by atoms with Crippen LogP contribution in [0.1, 0.15) is 44.1 Å². The van der Waals surface area contributed by atoms with Gasteiger partial charge in [-0.05, 0) is 61.2 Å². The summed E-state index contributed by atoms with van der Waals surface area (Å²) in [6.45, 7) is 2.60. The first-order valence-electron chi connectivity index (χ1n) is 11.9. The molecular formula is C27H35NO4. The van der Waals surface area contributed by atoms with Gasteiger partial charge in [0.2, 0.25) is 0 Å². The molecule has 5 nitrogen and oxygen atoms in total. The van der Waals surface area contributed by atoms with E-state index in [0.717, 1.165) is 48.2 Å². The van der Waals surface area contributed by atoms with Crippen molar-refractivity contribution in [3.63, 3.8) is 0 Å². The van der Waals surface area contributed by atoms with Crippen LogP contribution in [0.2, 0.25) is 0 Å². The van der Waals surface area contributed by atoms with Gasteiger partial charge in [-0.2, -0.15) is 0 Å². The lowest BCUT2D eigenvalue weighted by Gasteiger charge is -2.38. The van der Waals surface area contributed by atoms with Crippen molar-refractivity contribution >= 4 is 6.29 Å². The first kappa shape index (κ1) is 23.0. The van der Waals surface area contributed by atoms with E-state index in [1.807, 2.05) is 12.1 Å². The molecule has 0 amide bonds. The summed E-state index contributed by atoms with van der Waals surface area (Å²) in [7, 11) is 1.67. The van der Waals surface area contributed by atoms with Gasteiger partial charge >= 0.3 is 0 Å². The number of carbonyl (C=O) groups excluding carboxylic acids is 1. The summed E-state index contributed by atoms with van der Waals surface area (Å²) < 4.78 is 11.6. The molecule has 4 rings (SSSR count). The molecule has 0 radical (unpaired) electrons. The van der Waals surface area contributed by atoms with Crippen LogP contribution in [0, 0.1) is 5.92 Å². The molecule has 1 aliphatic carbocycles. The third kappa shape index (κ3) is 5.40. The summed E-state index contributed by atoms with van der Waals surface area (Å²) in [5.74, 6) is 1.05. The lowest BCUT2D eigenvalue weighted by molar-refractivity contribution is -0.108. The maximum atomic E-state index is 11.1. The Kier molecular flexibility index (Phi) is 7.95. The van der Waals surface area contributed by atoms with E-state index < -0.39 is 0 Å². The van der Waals surface area contributed by atoms with Crippen LogP contribution in [0.15, 0.2) is 48.5 Å². The molecule has 0 aromatic heterocycles. The summed E-state index contributed by atoms with van der Waals surface area (Å²) in [5.41, 5.74) is 3.42. The van der Waals surface area contributed by atoms with Crippen LogP contribution in [0.4, 0.5) is 0 Å². The number of hydrogen-bond acceptors (Lipinski definition) is 5. The quantitative estimate of drug-likeness (QED) is 0.587. The molecule has 1 saturated heterocycles. The fourth-order valence-electron chi connectivity index (χ4n) is 5.38. The second kappa shape index (κ2) is 11.1. The molecule has 1 saturated carbocycles. The molecule has 172 valence electrons. The number of carbonyl (C=O) groups is 1. The number of aldehydes is 1. The Hall–Kier alpha value is -2.21. The molecule has 1 N–H and O–H groups in total. The van der Waals surface area contributed by atoms with Crippen LogP contribution >= 0.6 is 0 Å². The summed E-state index contributed by atoms with van der Waals surface area (Å²) >= 11 is 0. The zero-order valence-corrected chi connectivity index (χ0v) is 19.0. The van der Waals surface area contributed by atoms with Gasteiger partial charge in [0.15, 0.2) is 0 Å². The number of aliphatic hydroxyl groups is 1. The minimum Gasteiger partial charge on any atom is -0.497 e.